The summed E-state index contributed by atoms with van der Waals surface area (Å²) in [4.78, 5) is 22.0. The van der Waals surface area contributed by atoms with E-state index in [-0.39, 0.29) is 23.8 Å². The Morgan fingerprint density at radius 2 is 2.06 bits per heavy atom. The zero-order valence-corrected chi connectivity index (χ0v) is 9.36. The molecule has 0 fully saturated rings. The van der Waals surface area contributed by atoms with Crippen LogP contribution in [0, 0.1) is 0 Å². The van der Waals surface area contributed by atoms with Crippen molar-refractivity contribution in [3.63, 3.8) is 0 Å². The maximum Gasteiger partial charge on any atom is 0.339 e. The van der Waals surface area contributed by atoms with Crippen LogP contribution >= 0.6 is 0 Å². The van der Waals surface area contributed by atoms with Gasteiger partial charge < -0.3 is 20.8 Å². The minimum atomic E-state index is -1.21. The van der Waals surface area contributed by atoms with E-state index in [2.05, 4.69) is 10.6 Å². The van der Waals surface area contributed by atoms with E-state index in [4.69, 9.17) is 5.11 Å². The van der Waals surface area contributed by atoms with E-state index >= 15 is 0 Å². The highest BCUT2D eigenvalue weighted by atomic mass is 16.4. The van der Waals surface area contributed by atoms with Crippen molar-refractivity contribution < 1.29 is 19.8 Å². The van der Waals surface area contributed by atoms with Crippen LogP contribution in [0.2, 0.25) is 0 Å². The summed E-state index contributed by atoms with van der Waals surface area (Å²) in [5.74, 6) is -1.85. The van der Waals surface area contributed by atoms with Gasteiger partial charge in [-0.05, 0) is 18.7 Å². The maximum absolute atomic E-state index is 11.3. The molecule has 6 heteroatoms. The third-order valence-electron chi connectivity index (χ3n) is 2.05. The minimum absolute atomic E-state index is 0.165. The molecule has 4 N–H and O–H groups in total. The van der Waals surface area contributed by atoms with Gasteiger partial charge in [-0.15, -0.1) is 0 Å². The molecule has 6 nitrogen and oxygen atoms in total. The maximum atomic E-state index is 11.3. The van der Waals surface area contributed by atoms with Crippen molar-refractivity contribution in [3.8, 4) is 5.75 Å². The molecular weight excluding hydrogens is 224 g/mol. The highest BCUT2D eigenvalue weighted by molar-refractivity contribution is 5.95. The molecular formula is C11H14N2O4. The van der Waals surface area contributed by atoms with Crippen molar-refractivity contribution in [1.29, 1.82) is 0 Å². The zero-order valence-electron chi connectivity index (χ0n) is 9.36. The van der Waals surface area contributed by atoms with Crippen LogP contribution in [0.15, 0.2) is 18.2 Å². The first-order valence-corrected chi connectivity index (χ1v) is 5.11. The Balaban J connectivity index is 2.70. The van der Waals surface area contributed by atoms with Crippen LogP contribution in [-0.4, -0.2) is 35.2 Å². The van der Waals surface area contributed by atoms with E-state index in [1.165, 1.54) is 18.2 Å². The number of nitrogens with one attached hydrogen (secondary N) is 2. The van der Waals surface area contributed by atoms with Gasteiger partial charge in [0.25, 0.3) is 0 Å². The number of carbonyl (C=O) groups is 2. The second-order valence-corrected chi connectivity index (χ2v) is 3.37. The number of amides is 1. The Bertz CT molecular complexity index is 431. The summed E-state index contributed by atoms with van der Waals surface area (Å²) in [5.41, 5.74) is 0.157. The largest absolute Gasteiger partial charge is 0.507 e. The van der Waals surface area contributed by atoms with Crippen molar-refractivity contribution >= 4 is 17.6 Å². The smallest absolute Gasteiger partial charge is 0.339 e. The van der Waals surface area contributed by atoms with Gasteiger partial charge in [0.2, 0.25) is 5.91 Å². The summed E-state index contributed by atoms with van der Waals surface area (Å²) in [7, 11) is 0. The first-order chi connectivity index (χ1) is 8.04. The lowest BCUT2D eigenvalue weighted by Gasteiger charge is -2.07. The summed E-state index contributed by atoms with van der Waals surface area (Å²) in [6, 6.07) is 3.86. The summed E-state index contributed by atoms with van der Waals surface area (Å²) in [6.45, 7) is 2.72. The van der Waals surface area contributed by atoms with E-state index in [9.17, 15) is 14.7 Å². The second-order valence-electron chi connectivity index (χ2n) is 3.37. The van der Waals surface area contributed by atoms with Gasteiger partial charge in [0.15, 0.2) is 0 Å². The molecule has 0 aromatic heterocycles. The SMILES string of the molecule is CCNCC(=O)Nc1ccc(C(=O)O)c(O)c1. The zero-order chi connectivity index (χ0) is 12.8. The van der Waals surface area contributed by atoms with Gasteiger partial charge in [0, 0.05) is 11.8 Å². The van der Waals surface area contributed by atoms with Crippen molar-refractivity contribution in [2.75, 3.05) is 18.4 Å². The van der Waals surface area contributed by atoms with Gasteiger partial charge in [0.1, 0.15) is 11.3 Å². The van der Waals surface area contributed by atoms with Gasteiger partial charge in [-0.3, -0.25) is 4.79 Å². The number of carbonyl (C=O) groups excluding carboxylic acids is 1. The average molecular weight is 238 g/mol. The predicted octanol–water partition coefficient (Wildman–Crippen LogP) is 0.638. The van der Waals surface area contributed by atoms with E-state index in [1.807, 2.05) is 6.92 Å². The number of hydrogen-bond donors (Lipinski definition) is 4. The molecule has 17 heavy (non-hydrogen) atoms. The van der Waals surface area contributed by atoms with Gasteiger partial charge in [-0.2, -0.15) is 0 Å². The van der Waals surface area contributed by atoms with Crippen LogP contribution in [0.4, 0.5) is 5.69 Å². The third-order valence-corrected chi connectivity index (χ3v) is 2.05. The standard InChI is InChI=1S/C11H14N2O4/c1-2-12-6-10(15)13-7-3-4-8(11(16)17)9(14)5-7/h3-5,12,14H,2,6H2,1H3,(H,13,15)(H,16,17). The number of carboxylic acid groups (broad SMARTS) is 1. The van der Waals surface area contributed by atoms with Crippen LogP contribution in [0.25, 0.3) is 0 Å². The lowest BCUT2D eigenvalue weighted by Crippen LogP contribution is -2.27. The number of phenols is 1. The van der Waals surface area contributed by atoms with Crippen LogP contribution < -0.4 is 10.6 Å². The Morgan fingerprint density at radius 1 is 1.35 bits per heavy atom. The quantitative estimate of drug-likeness (QED) is 0.603. The average Bonchev–Trinajstić information content (AvgIpc) is 2.26. The highest BCUT2D eigenvalue weighted by Crippen LogP contribution is 2.21. The van der Waals surface area contributed by atoms with Crippen molar-refractivity contribution in [2.45, 2.75) is 6.92 Å². The van der Waals surface area contributed by atoms with E-state index in [1.54, 1.807) is 0 Å². The summed E-state index contributed by atoms with van der Waals surface area (Å²) < 4.78 is 0. The Kier molecular flexibility index (Phi) is 4.47. The summed E-state index contributed by atoms with van der Waals surface area (Å²) in [5, 5.41) is 23.5. The lowest BCUT2D eigenvalue weighted by molar-refractivity contribution is -0.115. The number of aromatic carboxylic acids is 1. The first kappa shape index (κ1) is 13.0. The normalized spacial score (nSPS) is 9.94. The Hall–Kier alpha value is -2.08. The van der Waals surface area contributed by atoms with E-state index in [0.29, 0.717) is 12.2 Å². The molecule has 0 aliphatic rings. The number of carboxylic acids is 1. The third kappa shape index (κ3) is 3.76. The molecule has 0 unspecified atom stereocenters. The van der Waals surface area contributed by atoms with E-state index in [0.717, 1.165) is 0 Å². The van der Waals surface area contributed by atoms with Crippen LogP contribution in [0.1, 0.15) is 17.3 Å². The van der Waals surface area contributed by atoms with Gasteiger partial charge in [-0.1, -0.05) is 6.92 Å². The first-order valence-electron chi connectivity index (χ1n) is 5.11. The second kappa shape index (κ2) is 5.86. The lowest BCUT2D eigenvalue weighted by atomic mass is 10.2. The minimum Gasteiger partial charge on any atom is -0.507 e. The van der Waals surface area contributed by atoms with Gasteiger partial charge >= 0.3 is 5.97 Å². The molecule has 1 rings (SSSR count). The molecule has 0 aliphatic heterocycles. The summed E-state index contributed by atoms with van der Waals surface area (Å²) >= 11 is 0. The fourth-order valence-electron chi connectivity index (χ4n) is 1.23. The monoisotopic (exact) mass is 238 g/mol. The molecule has 0 bridgehead atoms. The number of aromatic hydroxyl groups is 1. The molecule has 1 amide bonds. The molecule has 0 radical (unpaired) electrons. The molecule has 0 saturated heterocycles. The number of anilines is 1. The van der Waals surface area contributed by atoms with Crippen molar-refractivity contribution in [2.24, 2.45) is 0 Å². The number of rotatable bonds is 5. The molecule has 0 saturated carbocycles. The number of likely N-dealkylation sites (N-methyl/N-ethyl adjacent to an activating group) is 1. The number of benzene rings is 1. The molecule has 0 aliphatic carbocycles. The van der Waals surface area contributed by atoms with Crippen LogP contribution in [0.5, 0.6) is 5.75 Å². The topological polar surface area (TPSA) is 98.7 Å². The van der Waals surface area contributed by atoms with Gasteiger partial charge in [-0.25, -0.2) is 4.79 Å². The fourth-order valence-corrected chi connectivity index (χ4v) is 1.23. The van der Waals surface area contributed by atoms with Crippen molar-refractivity contribution in [1.82, 2.24) is 5.32 Å². The van der Waals surface area contributed by atoms with Crippen molar-refractivity contribution in [3.05, 3.63) is 23.8 Å². The van der Waals surface area contributed by atoms with Gasteiger partial charge in [0.05, 0.1) is 6.54 Å². The van der Waals surface area contributed by atoms with E-state index < -0.39 is 5.97 Å². The highest BCUT2D eigenvalue weighted by Gasteiger charge is 2.10. The fraction of sp³-hybridized carbons (Fsp3) is 0.273. The Morgan fingerprint density at radius 3 is 2.59 bits per heavy atom. The van der Waals surface area contributed by atoms with Crippen LogP contribution in [-0.2, 0) is 4.79 Å². The Labute approximate surface area is 98.3 Å². The summed E-state index contributed by atoms with van der Waals surface area (Å²) in [6.07, 6.45) is 0. The molecule has 0 heterocycles. The molecule has 1 aromatic rings. The molecule has 1 aromatic carbocycles. The predicted molar refractivity (Wildman–Crippen MR) is 62.2 cm³/mol. The number of hydrogen-bond acceptors (Lipinski definition) is 4. The molecule has 0 spiro atoms. The molecule has 0 atom stereocenters. The molecule has 92 valence electrons. The van der Waals surface area contributed by atoms with Crippen LogP contribution in [0.3, 0.4) is 0 Å².